The molecule has 240 valence electrons. The van der Waals surface area contributed by atoms with Crippen molar-refractivity contribution in [1.82, 2.24) is 9.38 Å². The van der Waals surface area contributed by atoms with Crippen molar-refractivity contribution in [2.45, 2.75) is 0 Å². The quantitative estimate of drug-likeness (QED) is 0.177. The van der Waals surface area contributed by atoms with E-state index in [0.717, 1.165) is 55.0 Å². The summed E-state index contributed by atoms with van der Waals surface area (Å²) in [6.07, 6.45) is 0. The van der Waals surface area contributed by atoms with Crippen LogP contribution in [0.4, 0.5) is 0 Å². The van der Waals surface area contributed by atoms with Gasteiger partial charge in [-0.3, -0.25) is 0 Å². The second kappa shape index (κ2) is 10.3. The summed E-state index contributed by atoms with van der Waals surface area (Å²) in [7, 11) is 0. The Morgan fingerprint density at radius 3 is 1.75 bits per heavy atom. The number of furan rings is 1. The molecule has 0 amide bonds. The van der Waals surface area contributed by atoms with E-state index in [0.29, 0.717) is 0 Å². The molecule has 0 radical (unpaired) electrons. The van der Waals surface area contributed by atoms with E-state index in [1.807, 2.05) is 6.07 Å². The van der Waals surface area contributed by atoms with Gasteiger partial charge in [0.1, 0.15) is 11.2 Å². The lowest BCUT2D eigenvalue weighted by atomic mass is 9.93. The van der Waals surface area contributed by atoms with E-state index in [4.69, 9.17) is 9.40 Å². The minimum absolute atomic E-state index is 0.888. The van der Waals surface area contributed by atoms with Gasteiger partial charge in [-0.2, -0.15) is 0 Å². The van der Waals surface area contributed by atoms with Gasteiger partial charge >= 0.3 is 0 Å². The van der Waals surface area contributed by atoms with Crippen molar-refractivity contribution < 1.29 is 4.42 Å². The van der Waals surface area contributed by atoms with Crippen molar-refractivity contribution in [3.63, 3.8) is 0 Å². The third kappa shape index (κ3) is 3.77. The first-order chi connectivity index (χ1) is 25.8. The molecule has 3 heteroatoms. The molecule has 0 aliphatic heterocycles. The van der Waals surface area contributed by atoms with Gasteiger partial charge in [0.25, 0.3) is 0 Å². The first-order valence-electron chi connectivity index (χ1n) is 17.8. The van der Waals surface area contributed by atoms with Crippen molar-refractivity contribution >= 4 is 81.7 Å². The molecule has 12 rings (SSSR count). The average Bonchev–Trinajstić information content (AvgIpc) is 3.87. The fourth-order valence-electron chi connectivity index (χ4n) is 8.80. The Morgan fingerprint density at radius 2 is 0.981 bits per heavy atom. The molecule has 0 unspecified atom stereocenters. The van der Waals surface area contributed by atoms with Gasteiger partial charge in [0.2, 0.25) is 0 Å². The molecule has 0 spiro atoms. The lowest BCUT2D eigenvalue weighted by Crippen LogP contribution is -1.91. The highest BCUT2D eigenvalue weighted by molar-refractivity contribution is 6.28. The maximum atomic E-state index is 6.41. The molecule has 0 bridgehead atoms. The number of nitrogens with zero attached hydrogens (tertiary/aromatic N) is 2. The predicted molar refractivity (Wildman–Crippen MR) is 217 cm³/mol. The van der Waals surface area contributed by atoms with E-state index in [-0.39, 0.29) is 0 Å². The number of benzene rings is 8. The number of pyridine rings is 1. The largest absolute Gasteiger partial charge is 0.456 e. The summed E-state index contributed by atoms with van der Waals surface area (Å²) in [5.41, 5.74) is 13.4. The van der Waals surface area contributed by atoms with Crippen LogP contribution < -0.4 is 0 Å². The molecule has 0 aliphatic carbocycles. The third-order valence-electron chi connectivity index (χ3n) is 11.1. The van der Waals surface area contributed by atoms with E-state index in [1.165, 1.54) is 60.2 Å². The Kier molecular flexibility index (Phi) is 5.50. The number of hydrogen-bond donors (Lipinski definition) is 0. The molecule has 0 atom stereocenters. The van der Waals surface area contributed by atoms with Gasteiger partial charge in [0.05, 0.1) is 27.8 Å². The van der Waals surface area contributed by atoms with E-state index in [1.54, 1.807) is 0 Å². The first-order valence-corrected chi connectivity index (χ1v) is 17.8. The van der Waals surface area contributed by atoms with Crippen molar-refractivity contribution in [2.75, 3.05) is 0 Å². The number of hydrogen-bond acceptors (Lipinski definition) is 2. The zero-order valence-electron chi connectivity index (χ0n) is 28.0. The number of fused-ring (bicyclic) bond motifs is 13. The smallest absolute Gasteiger partial charge is 0.136 e. The summed E-state index contributed by atoms with van der Waals surface area (Å²) in [6.45, 7) is 0. The monoisotopic (exact) mass is 660 g/mol. The summed E-state index contributed by atoms with van der Waals surface area (Å²) in [5.74, 6) is 0. The molecule has 0 saturated heterocycles. The molecule has 0 N–H and O–H groups in total. The van der Waals surface area contributed by atoms with Crippen LogP contribution in [0.3, 0.4) is 0 Å². The highest BCUT2D eigenvalue weighted by atomic mass is 16.3. The Labute approximate surface area is 297 Å². The van der Waals surface area contributed by atoms with E-state index in [2.05, 4.69) is 168 Å². The fraction of sp³-hybridized carbons (Fsp3) is 0. The summed E-state index contributed by atoms with van der Waals surface area (Å²) in [4.78, 5) is 5.30. The van der Waals surface area contributed by atoms with Gasteiger partial charge in [-0.1, -0.05) is 109 Å². The molecule has 0 saturated carbocycles. The minimum Gasteiger partial charge on any atom is -0.456 e. The first kappa shape index (κ1) is 27.8. The number of para-hydroxylation sites is 3. The molecular formula is C49H28N2O. The average molecular weight is 661 g/mol. The molecular weight excluding hydrogens is 633 g/mol. The topological polar surface area (TPSA) is 30.4 Å². The molecule has 0 fully saturated rings. The highest BCUT2D eigenvalue weighted by Gasteiger charge is 2.20. The van der Waals surface area contributed by atoms with Gasteiger partial charge in [-0.05, 0) is 82.9 Å². The summed E-state index contributed by atoms with van der Waals surface area (Å²) in [6, 6.07) is 61.2. The van der Waals surface area contributed by atoms with E-state index in [9.17, 15) is 0 Å². The molecule has 52 heavy (non-hydrogen) atoms. The zero-order valence-corrected chi connectivity index (χ0v) is 28.0. The van der Waals surface area contributed by atoms with E-state index < -0.39 is 0 Å². The van der Waals surface area contributed by atoms with Gasteiger partial charge < -0.3 is 8.82 Å². The molecule has 8 aromatic carbocycles. The Morgan fingerprint density at radius 1 is 0.365 bits per heavy atom. The van der Waals surface area contributed by atoms with Crippen molar-refractivity contribution in [1.29, 1.82) is 0 Å². The van der Waals surface area contributed by atoms with Crippen LogP contribution in [0.5, 0.6) is 0 Å². The third-order valence-corrected chi connectivity index (χ3v) is 11.1. The Bertz CT molecular complexity index is 3320. The van der Waals surface area contributed by atoms with Crippen LogP contribution in [-0.4, -0.2) is 9.38 Å². The molecule has 4 heterocycles. The minimum atomic E-state index is 0.888. The predicted octanol–water partition coefficient (Wildman–Crippen LogP) is 13.4. The molecule has 0 aliphatic rings. The maximum Gasteiger partial charge on any atom is 0.136 e. The van der Waals surface area contributed by atoms with Gasteiger partial charge in [0.15, 0.2) is 0 Å². The molecule has 3 nitrogen and oxygen atoms in total. The zero-order chi connectivity index (χ0) is 33.9. The highest BCUT2D eigenvalue weighted by Crippen LogP contribution is 2.44. The maximum absolute atomic E-state index is 6.41. The van der Waals surface area contributed by atoms with Crippen LogP contribution in [0.15, 0.2) is 174 Å². The fourth-order valence-corrected chi connectivity index (χ4v) is 8.80. The SMILES string of the molecule is c1ccc(-c2nc3ccc(-c4cccc(-c5cc6c7ccccc7n7c8ccccc8c(c5)c67)c4)cc3c3c2ccc2oc4ccccc4c23)cc1. The summed E-state index contributed by atoms with van der Waals surface area (Å²) >= 11 is 0. The normalized spacial score (nSPS) is 12.2. The van der Waals surface area contributed by atoms with Gasteiger partial charge in [-0.25, -0.2) is 4.98 Å². The van der Waals surface area contributed by atoms with Crippen molar-refractivity contribution in [3.8, 4) is 33.5 Å². The van der Waals surface area contributed by atoms with Gasteiger partial charge in [0, 0.05) is 54.0 Å². The second-order valence-electron chi connectivity index (χ2n) is 13.9. The summed E-state index contributed by atoms with van der Waals surface area (Å²) < 4.78 is 8.85. The Hall–Kier alpha value is -6.97. The Balaban J connectivity index is 1.10. The number of aromatic nitrogens is 2. The van der Waals surface area contributed by atoms with Crippen LogP contribution in [-0.2, 0) is 0 Å². The standard InChI is InChI=1S/C49H28N2O/c1-2-11-29(12-3-1)48-37-22-24-45-47(36-17-6-9-20-44(36)52-45)46(37)40-26-32(21-23-41(40)50-48)30-13-10-14-31(25-30)33-27-38-34-15-4-7-18-42(34)51-43-19-8-5-16-35(43)39(28-33)49(38)51/h1-28H. The molecule has 12 aromatic rings. The van der Waals surface area contributed by atoms with Crippen LogP contribution in [0.25, 0.3) is 115 Å². The van der Waals surface area contributed by atoms with Crippen molar-refractivity contribution in [2.24, 2.45) is 0 Å². The second-order valence-corrected chi connectivity index (χ2v) is 13.9. The lowest BCUT2D eigenvalue weighted by Gasteiger charge is -2.13. The number of rotatable bonds is 3. The molecule has 4 aromatic heterocycles. The van der Waals surface area contributed by atoms with Crippen LogP contribution in [0.2, 0.25) is 0 Å². The lowest BCUT2D eigenvalue weighted by molar-refractivity contribution is 0.669. The van der Waals surface area contributed by atoms with Crippen LogP contribution >= 0.6 is 0 Å². The summed E-state index contributed by atoms with van der Waals surface area (Å²) in [5, 5.41) is 10.8. The van der Waals surface area contributed by atoms with Crippen LogP contribution in [0, 0.1) is 0 Å². The van der Waals surface area contributed by atoms with Crippen LogP contribution in [0.1, 0.15) is 0 Å². The van der Waals surface area contributed by atoms with Gasteiger partial charge in [-0.15, -0.1) is 0 Å². The van der Waals surface area contributed by atoms with E-state index >= 15 is 0 Å². The van der Waals surface area contributed by atoms with Crippen molar-refractivity contribution in [3.05, 3.63) is 170 Å².